The van der Waals surface area contributed by atoms with Crippen LogP contribution in [0, 0.1) is 13.8 Å². The summed E-state index contributed by atoms with van der Waals surface area (Å²) in [6, 6.07) is 11.7. The minimum Gasteiger partial charge on any atom is -0.507 e. The van der Waals surface area contributed by atoms with Crippen molar-refractivity contribution in [1.29, 1.82) is 0 Å². The Kier molecular flexibility index (Phi) is 8.20. The van der Waals surface area contributed by atoms with Gasteiger partial charge in [0.1, 0.15) is 16.4 Å². The number of rotatable bonds is 8. The molecule has 1 aromatic heterocycles. The molecule has 1 fully saturated rings. The van der Waals surface area contributed by atoms with Gasteiger partial charge in [0.05, 0.1) is 30.5 Å². The number of anilines is 1. The maximum Gasteiger partial charge on any atom is 0.350 e. The molecule has 1 amide bonds. The van der Waals surface area contributed by atoms with E-state index in [1.165, 1.54) is 4.90 Å². The topological polar surface area (TPSA) is 106 Å². The summed E-state index contributed by atoms with van der Waals surface area (Å²) in [5.74, 6) is -1.55. The van der Waals surface area contributed by atoms with Gasteiger partial charge in [-0.15, -0.1) is 0 Å². The third-order valence-electron chi connectivity index (χ3n) is 6.56. The molecule has 8 nitrogen and oxygen atoms in total. The number of nitrogens with zero attached hydrogens (tertiary/aromatic N) is 2. The van der Waals surface area contributed by atoms with Crippen LogP contribution in [0.1, 0.15) is 77.3 Å². The molecule has 9 heteroatoms. The van der Waals surface area contributed by atoms with Crippen molar-refractivity contribution in [3.8, 4) is 5.75 Å². The lowest BCUT2D eigenvalue weighted by Gasteiger charge is -2.23. The Morgan fingerprint density at radius 3 is 2.36 bits per heavy atom. The van der Waals surface area contributed by atoms with Crippen molar-refractivity contribution in [3.63, 3.8) is 0 Å². The van der Waals surface area contributed by atoms with Crippen LogP contribution in [0.5, 0.6) is 5.75 Å². The predicted octanol–water partition coefficient (Wildman–Crippen LogP) is 6.09. The van der Waals surface area contributed by atoms with Gasteiger partial charge in [0, 0.05) is 5.56 Å². The number of esters is 1. The number of carbonyl (C=O) groups is 3. The molecule has 2 heterocycles. The van der Waals surface area contributed by atoms with Crippen LogP contribution in [-0.2, 0) is 14.3 Å². The summed E-state index contributed by atoms with van der Waals surface area (Å²) >= 11 is 0.983. The number of hydrogen-bond donors (Lipinski definition) is 1. The van der Waals surface area contributed by atoms with Crippen LogP contribution < -0.4 is 9.64 Å². The number of thiazole rings is 1. The van der Waals surface area contributed by atoms with Crippen LogP contribution in [0.3, 0.4) is 0 Å². The number of hydrogen-bond acceptors (Lipinski definition) is 8. The lowest BCUT2D eigenvalue weighted by Crippen LogP contribution is -2.29. The Hall–Kier alpha value is -3.98. The van der Waals surface area contributed by atoms with E-state index < -0.39 is 23.7 Å². The van der Waals surface area contributed by atoms with E-state index >= 15 is 0 Å². The highest BCUT2D eigenvalue weighted by Crippen LogP contribution is 2.44. The van der Waals surface area contributed by atoms with Crippen LogP contribution in [0.15, 0.2) is 48.0 Å². The monoisotopic (exact) mass is 548 g/mol. The van der Waals surface area contributed by atoms with Crippen molar-refractivity contribution < 1.29 is 29.0 Å². The molecule has 39 heavy (non-hydrogen) atoms. The fourth-order valence-electron chi connectivity index (χ4n) is 4.55. The van der Waals surface area contributed by atoms with Gasteiger partial charge in [-0.05, 0) is 68.5 Å². The third kappa shape index (κ3) is 5.31. The summed E-state index contributed by atoms with van der Waals surface area (Å²) in [4.78, 5) is 45.4. The first kappa shape index (κ1) is 28.0. The smallest absolute Gasteiger partial charge is 0.350 e. The van der Waals surface area contributed by atoms with Gasteiger partial charge < -0.3 is 14.6 Å². The third-order valence-corrected chi connectivity index (χ3v) is 7.70. The average molecular weight is 549 g/mol. The highest BCUT2D eigenvalue weighted by molar-refractivity contribution is 7.17. The molecule has 0 saturated carbocycles. The van der Waals surface area contributed by atoms with E-state index in [-0.39, 0.29) is 33.9 Å². The number of Topliss-reactive ketones (excluding diaryl/α,β-unsaturated/α-hetero) is 1. The molecular weight excluding hydrogens is 516 g/mol. The molecule has 1 unspecified atom stereocenters. The highest BCUT2D eigenvalue weighted by atomic mass is 32.1. The molecule has 1 aliphatic heterocycles. The van der Waals surface area contributed by atoms with Gasteiger partial charge in [0.2, 0.25) is 0 Å². The van der Waals surface area contributed by atoms with Crippen LogP contribution in [-0.4, -0.2) is 41.0 Å². The molecule has 1 atom stereocenters. The van der Waals surface area contributed by atoms with Crippen molar-refractivity contribution in [2.24, 2.45) is 0 Å². The zero-order valence-corrected chi connectivity index (χ0v) is 23.7. The van der Waals surface area contributed by atoms with E-state index in [1.807, 2.05) is 38.1 Å². The van der Waals surface area contributed by atoms with Crippen LogP contribution in [0.4, 0.5) is 5.13 Å². The second kappa shape index (κ2) is 11.4. The van der Waals surface area contributed by atoms with E-state index in [0.29, 0.717) is 29.2 Å². The molecule has 2 aromatic carbocycles. The maximum absolute atomic E-state index is 13.5. The van der Waals surface area contributed by atoms with E-state index in [1.54, 1.807) is 32.0 Å². The Balaban J connectivity index is 1.90. The molecule has 0 bridgehead atoms. The van der Waals surface area contributed by atoms with Gasteiger partial charge in [0.25, 0.3) is 5.78 Å². The van der Waals surface area contributed by atoms with Crippen molar-refractivity contribution >= 4 is 39.9 Å². The number of aryl methyl sites for hydroxylation is 2. The molecule has 3 aromatic rings. The quantitative estimate of drug-likeness (QED) is 0.157. The normalized spacial score (nSPS) is 16.7. The zero-order chi connectivity index (χ0) is 28.4. The van der Waals surface area contributed by atoms with E-state index in [2.05, 4.69) is 18.8 Å². The van der Waals surface area contributed by atoms with E-state index in [4.69, 9.17) is 9.47 Å². The summed E-state index contributed by atoms with van der Waals surface area (Å²) < 4.78 is 10.7. The Morgan fingerprint density at radius 2 is 1.77 bits per heavy atom. The molecular formula is C30H32N2O6S. The van der Waals surface area contributed by atoms with Crippen molar-refractivity contribution in [2.75, 3.05) is 18.1 Å². The molecule has 0 radical (unpaired) electrons. The number of amides is 1. The first-order chi connectivity index (χ1) is 18.6. The highest BCUT2D eigenvalue weighted by Gasteiger charge is 2.48. The van der Waals surface area contributed by atoms with Crippen molar-refractivity contribution in [2.45, 2.75) is 53.5 Å². The fourth-order valence-corrected chi connectivity index (χ4v) is 5.54. The van der Waals surface area contributed by atoms with Gasteiger partial charge in [-0.2, -0.15) is 0 Å². The molecule has 204 valence electrons. The predicted molar refractivity (Wildman–Crippen MR) is 150 cm³/mol. The van der Waals surface area contributed by atoms with E-state index in [0.717, 1.165) is 22.5 Å². The summed E-state index contributed by atoms with van der Waals surface area (Å²) in [6.07, 6.45) is 0. The van der Waals surface area contributed by atoms with Crippen LogP contribution >= 0.6 is 11.3 Å². The Labute approximate surface area is 231 Å². The summed E-state index contributed by atoms with van der Waals surface area (Å²) in [5, 5.41) is 11.6. The van der Waals surface area contributed by atoms with Gasteiger partial charge in [0.15, 0.2) is 5.13 Å². The van der Waals surface area contributed by atoms with Gasteiger partial charge in [-0.25, -0.2) is 9.78 Å². The number of benzene rings is 2. The lowest BCUT2D eigenvalue weighted by atomic mass is 9.93. The number of aliphatic hydroxyl groups is 1. The van der Waals surface area contributed by atoms with Gasteiger partial charge >= 0.3 is 11.9 Å². The summed E-state index contributed by atoms with van der Waals surface area (Å²) in [7, 11) is 0. The SMILES string of the molecule is CCOC(=O)c1sc(N2C(=O)C(=O)/C(=C(\O)c3ccc(OCC)c(C)c3)C2c2ccc(C(C)C)cc2)nc1C. The first-order valence-electron chi connectivity index (χ1n) is 12.9. The molecule has 0 spiro atoms. The molecule has 1 N–H and O–H groups in total. The maximum atomic E-state index is 13.5. The largest absolute Gasteiger partial charge is 0.507 e. The minimum absolute atomic E-state index is 0.0496. The fraction of sp³-hybridized carbons (Fsp3) is 0.333. The van der Waals surface area contributed by atoms with Gasteiger partial charge in [-0.3, -0.25) is 14.5 Å². The van der Waals surface area contributed by atoms with Crippen molar-refractivity contribution in [1.82, 2.24) is 4.98 Å². The molecule has 0 aliphatic carbocycles. The molecule has 1 saturated heterocycles. The minimum atomic E-state index is -0.946. The molecule has 4 rings (SSSR count). The average Bonchev–Trinajstić information content (AvgIpc) is 3.41. The summed E-state index contributed by atoms with van der Waals surface area (Å²) in [5.41, 5.74) is 3.24. The number of ketones is 1. The van der Waals surface area contributed by atoms with Crippen LogP contribution in [0.2, 0.25) is 0 Å². The Morgan fingerprint density at radius 1 is 1.08 bits per heavy atom. The second-order valence-corrected chi connectivity index (χ2v) is 10.5. The number of aliphatic hydroxyl groups excluding tert-OH is 1. The van der Waals surface area contributed by atoms with Crippen LogP contribution in [0.25, 0.3) is 5.76 Å². The van der Waals surface area contributed by atoms with Gasteiger partial charge in [-0.1, -0.05) is 49.4 Å². The number of aromatic nitrogens is 1. The lowest BCUT2D eigenvalue weighted by molar-refractivity contribution is -0.132. The van der Waals surface area contributed by atoms with E-state index in [9.17, 15) is 19.5 Å². The second-order valence-electron chi connectivity index (χ2n) is 9.54. The number of carbonyl (C=O) groups excluding carboxylic acids is 3. The first-order valence-corrected chi connectivity index (χ1v) is 13.7. The Bertz CT molecular complexity index is 1450. The molecule has 1 aliphatic rings. The zero-order valence-electron chi connectivity index (χ0n) is 22.9. The standard InChI is InChI=1S/C30H32N2O6S/c1-7-37-22-14-13-21(15-17(22)5)25(33)23-24(20-11-9-19(10-12-20)16(3)4)32(28(35)26(23)34)30-31-18(6)27(39-30)29(36)38-8-2/h9-16,24,33H,7-8H2,1-6H3/b25-23-. The van der Waals surface area contributed by atoms with Crippen molar-refractivity contribution in [3.05, 3.63) is 80.9 Å². The number of ether oxygens (including phenoxy) is 2. The summed E-state index contributed by atoms with van der Waals surface area (Å²) in [6.45, 7) is 11.9.